The van der Waals surface area contributed by atoms with Gasteiger partial charge < -0.3 is 9.47 Å². The number of nitriles is 1. The SMILES string of the molecule is COc1cc(/C=C2/C(=O)N(c3cccc(C)c3)C(=O)c3ccccc32)ccc1OCC#N. The third kappa shape index (κ3) is 3.84. The maximum absolute atomic E-state index is 13.5. The van der Waals surface area contributed by atoms with Crippen LogP contribution in [0, 0.1) is 18.3 Å². The number of hydrogen-bond donors (Lipinski definition) is 0. The Balaban J connectivity index is 1.83. The molecule has 32 heavy (non-hydrogen) atoms. The van der Waals surface area contributed by atoms with Crippen molar-refractivity contribution in [2.75, 3.05) is 18.6 Å². The Bertz CT molecular complexity index is 1290. The first-order chi connectivity index (χ1) is 15.5. The first kappa shape index (κ1) is 20.9. The Morgan fingerprint density at radius 2 is 1.72 bits per heavy atom. The summed E-state index contributed by atoms with van der Waals surface area (Å²) < 4.78 is 10.7. The van der Waals surface area contributed by atoms with E-state index in [4.69, 9.17) is 14.7 Å². The molecule has 6 heteroatoms. The normalized spacial score (nSPS) is 14.2. The van der Waals surface area contributed by atoms with Crippen LogP contribution >= 0.6 is 0 Å². The van der Waals surface area contributed by atoms with E-state index >= 15 is 0 Å². The number of amides is 2. The predicted molar refractivity (Wildman–Crippen MR) is 121 cm³/mol. The predicted octanol–water partition coefficient (Wildman–Crippen LogP) is 4.63. The Hall–Kier alpha value is -4.37. The molecule has 4 rings (SSSR count). The molecule has 0 aliphatic carbocycles. The molecule has 1 aliphatic heterocycles. The molecule has 0 atom stereocenters. The van der Waals surface area contributed by atoms with E-state index in [-0.39, 0.29) is 12.5 Å². The van der Waals surface area contributed by atoms with Crippen LogP contribution in [-0.4, -0.2) is 25.5 Å². The Kier molecular flexibility index (Phi) is 5.73. The number of carbonyl (C=O) groups is 2. The lowest BCUT2D eigenvalue weighted by Crippen LogP contribution is -2.41. The fourth-order valence-electron chi connectivity index (χ4n) is 3.66. The van der Waals surface area contributed by atoms with Crippen molar-refractivity contribution >= 4 is 29.2 Å². The molecule has 0 fully saturated rings. The Morgan fingerprint density at radius 3 is 2.44 bits per heavy atom. The zero-order valence-electron chi connectivity index (χ0n) is 17.7. The average molecular weight is 424 g/mol. The second-order valence-corrected chi connectivity index (χ2v) is 7.25. The lowest BCUT2D eigenvalue weighted by atomic mass is 9.91. The fourth-order valence-corrected chi connectivity index (χ4v) is 3.66. The summed E-state index contributed by atoms with van der Waals surface area (Å²) in [5, 5.41) is 8.75. The average Bonchev–Trinajstić information content (AvgIpc) is 2.81. The maximum Gasteiger partial charge on any atom is 0.265 e. The molecule has 158 valence electrons. The quantitative estimate of drug-likeness (QED) is 0.441. The number of carbonyl (C=O) groups excluding carboxylic acids is 2. The van der Waals surface area contributed by atoms with Crippen molar-refractivity contribution in [2.45, 2.75) is 6.92 Å². The number of nitrogens with zero attached hydrogens (tertiary/aromatic N) is 2. The molecule has 1 aliphatic rings. The van der Waals surface area contributed by atoms with E-state index in [0.717, 1.165) is 5.56 Å². The van der Waals surface area contributed by atoms with E-state index in [2.05, 4.69) is 0 Å². The van der Waals surface area contributed by atoms with Crippen LogP contribution in [0.3, 0.4) is 0 Å². The zero-order chi connectivity index (χ0) is 22.7. The van der Waals surface area contributed by atoms with Gasteiger partial charge in [-0.3, -0.25) is 9.59 Å². The molecule has 0 aromatic heterocycles. The largest absolute Gasteiger partial charge is 0.493 e. The molecule has 3 aromatic carbocycles. The number of aryl methyl sites for hydroxylation is 1. The van der Waals surface area contributed by atoms with Crippen LogP contribution in [0.1, 0.15) is 27.0 Å². The first-order valence-electron chi connectivity index (χ1n) is 9.98. The van der Waals surface area contributed by atoms with Crippen molar-refractivity contribution < 1.29 is 19.1 Å². The summed E-state index contributed by atoms with van der Waals surface area (Å²) in [6.45, 7) is 1.81. The van der Waals surface area contributed by atoms with Crippen LogP contribution in [0.2, 0.25) is 0 Å². The van der Waals surface area contributed by atoms with Gasteiger partial charge >= 0.3 is 0 Å². The molecule has 2 amide bonds. The summed E-state index contributed by atoms with van der Waals surface area (Å²) in [4.78, 5) is 27.9. The van der Waals surface area contributed by atoms with Crippen LogP contribution in [0.5, 0.6) is 11.5 Å². The number of hydrogen-bond acceptors (Lipinski definition) is 5. The van der Waals surface area contributed by atoms with Gasteiger partial charge in [0.05, 0.1) is 12.8 Å². The minimum atomic E-state index is -0.400. The number of anilines is 1. The molecular weight excluding hydrogens is 404 g/mol. The third-order valence-electron chi connectivity index (χ3n) is 5.13. The Morgan fingerprint density at radius 1 is 0.938 bits per heavy atom. The number of fused-ring (bicyclic) bond motifs is 1. The van der Waals surface area contributed by atoms with Gasteiger partial charge in [0.15, 0.2) is 18.1 Å². The van der Waals surface area contributed by atoms with Gasteiger partial charge in [-0.2, -0.15) is 5.26 Å². The topological polar surface area (TPSA) is 79.6 Å². The molecule has 0 radical (unpaired) electrons. The van der Waals surface area contributed by atoms with Crippen LogP contribution in [-0.2, 0) is 4.79 Å². The molecule has 0 saturated heterocycles. The van der Waals surface area contributed by atoms with Gasteiger partial charge in [0.2, 0.25) is 0 Å². The summed E-state index contributed by atoms with van der Waals surface area (Å²) in [6.07, 6.45) is 1.73. The molecule has 3 aromatic rings. The number of methoxy groups -OCH3 is 1. The number of ether oxygens (including phenoxy) is 2. The van der Waals surface area contributed by atoms with Gasteiger partial charge in [0.25, 0.3) is 11.8 Å². The third-order valence-corrected chi connectivity index (χ3v) is 5.13. The number of imide groups is 1. The highest BCUT2D eigenvalue weighted by Crippen LogP contribution is 2.35. The van der Waals surface area contributed by atoms with Crippen molar-refractivity contribution in [3.05, 3.63) is 89.0 Å². The standard InChI is InChI=1S/C26H20N2O4/c1-17-6-5-7-19(14-17)28-25(29)21-9-4-3-8-20(21)22(26(28)30)15-18-10-11-23(32-13-12-27)24(16-18)31-2/h3-11,14-16H,13H2,1-2H3/b22-15+. The van der Waals surface area contributed by atoms with Gasteiger partial charge in [0, 0.05) is 11.1 Å². The highest BCUT2D eigenvalue weighted by Gasteiger charge is 2.35. The summed E-state index contributed by atoms with van der Waals surface area (Å²) in [7, 11) is 1.50. The van der Waals surface area contributed by atoms with E-state index in [1.54, 1.807) is 54.6 Å². The summed E-state index contributed by atoms with van der Waals surface area (Å²) >= 11 is 0. The highest BCUT2D eigenvalue weighted by atomic mass is 16.5. The summed E-state index contributed by atoms with van der Waals surface area (Å²) in [5.41, 5.74) is 3.61. The lowest BCUT2D eigenvalue weighted by molar-refractivity contribution is -0.112. The fraction of sp³-hybridized carbons (Fsp3) is 0.115. The van der Waals surface area contributed by atoms with Crippen molar-refractivity contribution in [1.82, 2.24) is 0 Å². The highest BCUT2D eigenvalue weighted by molar-refractivity contribution is 6.43. The molecule has 1 heterocycles. The van der Waals surface area contributed by atoms with E-state index in [1.165, 1.54) is 12.0 Å². The summed E-state index contributed by atoms with van der Waals surface area (Å²) in [6, 6.07) is 21.5. The van der Waals surface area contributed by atoms with Gasteiger partial charge in [-0.15, -0.1) is 0 Å². The molecule has 0 bridgehead atoms. The lowest BCUT2D eigenvalue weighted by Gasteiger charge is -2.29. The molecule has 0 N–H and O–H groups in total. The van der Waals surface area contributed by atoms with Gasteiger partial charge in [0.1, 0.15) is 6.07 Å². The smallest absolute Gasteiger partial charge is 0.265 e. The van der Waals surface area contributed by atoms with E-state index < -0.39 is 5.91 Å². The van der Waals surface area contributed by atoms with Crippen LogP contribution in [0.15, 0.2) is 66.7 Å². The van der Waals surface area contributed by atoms with Gasteiger partial charge in [-0.1, -0.05) is 36.4 Å². The molecule has 6 nitrogen and oxygen atoms in total. The van der Waals surface area contributed by atoms with Crippen molar-refractivity contribution in [3.8, 4) is 17.6 Å². The molecule has 0 saturated carbocycles. The maximum atomic E-state index is 13.5. The Labute approximate surface area is 185 Å². The molecule has 0 unspecified atom stereocenters. The number of rotatable bonds is 5. The minimum Gasteiger partial charge on any atom is -0.493 e. The van der Waals surface area contributed by atoms with Crippen LogP contribution in [0.25, 0.3) is 11.6 Å². The monoisotopic (exact) mass is 424 g/mol. The molecular formula is C26H20N2O4. The van der Waals surface area contributed by atoms with Crippen LogP contribution in [0.4, 0.5) is 5.69 Å². The van der Waals surface area contributed by atoms with Crippen molar-refractivity contribution in [3.63, 3.8) is 0 Å². The van der Waals surface area contributed by atoms with E-state index in [1.807, 2.05) is 31.2 Å². The number of benzene rings is 3. The minimum absolute atomic E-state index is 0.101. The van der Waals surface area contributed by atoms with Gasteiger partial charge in [-0.05, 0) is 60.0 Å². The second kappa shape index (κ2) is 8.78. The zero-order valence-corrected chi connectivity index (χ0v) is 17.7. The second-order valence-electron chi connectivity index (χ2n) is 7.25. The first-order valence-corrected chi connectivity index (χ1v) is 9.98. The van der Waals surface area contributed by atoms with Crippen molar-refractivity contribution in [1.29, 1.82) is 5.26 Å². The van der Waals surface area contributed by atoms with E-state index in [9.17, 15) is 9.59 Å². The van der Waals surface area contributed by atoms with Crippen molar-refractivity contribution in [2.24, 2.45) is 0 Å². The van der Waals surface area contributed by atoms with Crippen LogP contribution < -0.4 is 14.4 Å². The van der Waals surface area contributed by atoms with Gasteiger partial charge in [-0.25, -0.2) is 4.90 Å². The molecule has 0 spiro atoms. The van der Waals surface area contributed by atoms with E-state index in [0.29, 0.717) is 39.4 Å². The summed E-state index contributed by atoms with van der Waals surface area (Å²) in [5.74, 6) is 0.121.